The van der Waals surface area contributed by atoms with Crippen LogP contribution in [0.15, 0.2) is 50.1 Å². The summed E-state index contributed by atoms with van der Waals surface area (Å²) in [6, 6.07) is 11.8. The van der Waals surface area contributed by atoms with E-state index in [1.165, 1.54) is 19.3 Å². The molecule has 27 heavy (non-hydrogen) atoms. The Kier molecular flexibility index (Phi) is 5.48. The van der Waals surface area contributed by atoms with Crippen molar-refractivity contribution in [1.29, 1.82) is 0 Å². The van der Waals surface area contributed by atoms with Crippen molar-refractivity contribution in [1.82, 2.24) is 14.5 Å². The molecule has 6 heteroatoms. The minimum absolute atomic E-state index is 0.0247. The highest BCUT2D eigenvalue weighted by atomic mass is 79.9. The number of nitrogens with zero attached hydrogens (tertiary/aromatic N) is 3. The zero-order valence-electron chi connectivity index (χ0n) is 15.2. The average Bonchev–Trinajstić information content (AvgIpc) is 2.65. The standard InChI is InChI=1S/C21H21Br2N3O/c1-14-7-3-4-8-18(14)26-19(13-25-9-5-2-6-10-25)24-20-16(21(26)27)11-15(22)12-17(20)23/h3-4,7-8,11-12H,2,5-6,9-10,13H2,1H3. The van der Waals surface area contributed by atoms with E-state index in [1.54, 1.807) is 4.57 Å². The Labute approximate surface area is 175 Å². The zero-order chi connectivity index (χ0) is 19.0. The second-order valence-electron chi connectivity index (χ2n) is 7.08. The van der Waals surface area contributed by atoms with Gasteiger partial charge in [0.15, 0.2) is 0 Å². The predicted molar refractivity (Wildman–Crippen MR) is 117 cm³/mol. The van der Waals surface area contributed by atoms with Crippen LogP contribution < -0.4 is 5.56 Å². The third-order valence-corrected chi connectivity index (χ3v) is 6.19. The molecular weight excluding hydrogens is 470 g/mol. The van der Waals surface area contributed by atoms with E-state index in [4.69, 9.17) is 4.98 Å². The van der Waals surface area contributed by atoms with E-state index in [-0.39, 0.29) is 5.56 Å². The topological polar surface area (TPSA) is 38.1 Å². The van der Waals surface area contributed by atoms with Crippen LogP contribution >= 0.6 is 31.9 Å². The first-order chi connectivity index (χ1) is 13.0. The van der Waals surface area contributed by atoms with Crippen molar-refractivity contribution in [2.45, 2.75) is 32.7 Å². The minimum Gasteiger partial charge on any atom is -0.296 e. The summed E-state index contributed by atoms with van der Waals surface area (Å²) < 4.78 is 3.49. The number of likely N-dealkylation sites (tertiary alicyclic amines) is 1. The van der Waals surface area contributed by atoms with Gasteiger partial charge in [-0.1, -0.05) is 40.5 Å². The minimum atomic E-state index is -0.0247. The smallest absolute Gasteiger partial charge is 0.266 e. The number of aromatic nitrogens is 2. The van der Waals surface area contributed by atoms with Crippen LogP contribution in [0.3, 0.4) is 0 Å². The van der Waals surface area contributed by atoms with Crippen LogP contribution in [-0.2, 0) is 6.54 Å². The van der Waals surface area contributed by atoms with Gasteiger partial charge < -0.3 is 0 Å². The lowest BCUT2D eigenvalue weighted by Gasteiger charge is -2.27. The molecule has 1 saturated heterocycles. The summed E-state index contributed by atoms with van der Waals surface area (Å²) in [5.74, 6) is 0.798. The molecule has 1 fully saturated rings. The Morgan fingerprint density at radius 3 is 2.56 bits per heavy atom. The van der Waals surface area contributed by atoms with Gasteiger partial charge in [0.1, 0.15) is 5.82 Å². The number of aryl methyl sites for hydroxylation is 1. The molecule has 140 valence electrons. The first kappa shape index (κ1) is 18.8. The van der Waals surface area contributed by atoms with Gasteiger partial charge in [-0.05, 0) is 72.5 Å². The molecule has 0 atom stereocenters. The van der Waals surface area contributed by atoms with Gasteiger partial charge in [-0.25, -0.2) is 4.98 Å². The second-order valence-corrected chi connectivity index (χ2v) is 8.85. The molecular formula is C21H21Br2N3O. The third-order valence-electron chi connectivity index (χ3n) is 5.13. The molecule has 0 unspecified atom stereocenters. The number of piperidine rings is 1. The summed E-state index contributed by atoms with van der Waals surface area (Å²) in [6.45, 7) is 4.84. The fourth-order valence-corrected chi connectivity index (χ4v) is 5.06. The normalized spacial score (nSPS) is 15.4. The van der Waals surface area contributed by atoms with Gasteiger partial charge in [-0.3, -0.25) is 14.3 Å². The van der Waals surface area contributed by atoms with Crippen molar-refractivity contribution >= 4 is 42.8 Å². The first-order valence-corrected chi connectivity index (χ1v) is 10.8. The lowest BCUT2D eigenvalue weighted by atomic mass is 10.1. The van der Waals surface area contributed by atoms with Gasteiger partial charge in [-0.2, -0.15) is 0 Å². The molecule has 1 aromatic heterocycles. The molecule has 4 nitrogen and oxygen atoms in total. The molecule has 1 aliphatic heterocycles. The summed E-state index contributed by atoms with van der Waals surface area (Å²) in [5, 5.41) is 0.613. The Bertz CT molecular complexity index is 1060. The number of benzene rings is 2. The molecule has 2 aromatic carbocycles. The van der Waals surface area contributed by atoms with Crippen molar-refractivity contribution < 1.29 is 0 Å². The monoisotopic (exact) mass is 489 g/mol. The van der Waals surface area contributed by atoms with Crippen molar-refractivity contribution in [2.75, 3.05) is 13.1 Å². The lowest BCUT2D eigenvalue weighted by molar-refractivity contribution is 0.214. The maximum atomic E-state index is 13.5. The van der Waals surface area contributed by atoms with E-state index in [2.05, 4.69) is 36.8 Å². The summed E-state index contributed by atoms with van der Waals surface area (Å²) in [5.41, 5.74) is 2.66. The van der Waals surface area contributed by atoms with E-state index in [0.717, 1.165) is 44.6 Å². The van der Waals surface area contributed by atoms with E-state index in [0.29, 0.717) is 11.9 Å². The van der Waals surface area contributed by atoms with E-state index in [9.17, 15) is 4.79 Å². The van der Waals surface area contributed by atoms with Crippen molar-refractivity contribution in [3.63, 3.8) is 0 Å². The Hall–Kier alpha value is -1.50. The number of para-hydroxylation sites is 1. The summed E-state index contributed by atoms with van der Waals surface area (Å²) in [6.07, 6.45) is 3.70. The van der Waals surface area contributed by atoms with Crippen LogP contribution in [0.4, 0.5) is 0 Å². The molecule has 0 aliphatic carbocycles. The molecule has 2 heterocycles. The molecule has 0 saturated carbocycles. The van der Waals surface area contributed by atoms with Crippen LogP contribution in [0.1, 0.15) is 30.7 Å². The SMILES string of the molecule is Cc1ccccc1-n1c(CN2CCCCC2)nc2c(Br)cc(Br)cc2c1=O. The first-order valence-electron chi connectivity index (χ1n) is 9.23. The zero-order valence-corrected chi connectivity index (χ0v) is 18.4. The molecule has 3 aromatic rings. The Balaban J connectivity index is 1.97. The highest BCUT2D eigenvalue weighted by Crippen LogP contribution is 2.27. The van der Waals surface area contributed by atoms with Crippen LogP contribution in [-0.4, -0.2) is 27.5 Å². The fraction of sp³-hybridized carbons (Fsp3) is 0.333. The quantitative estimate of drug-likeness (QED) is 0.506. The van der Waals surface area contributed by atoms with E-state index < -0.39 is 0 Å². The lowest BCUT2D eigenvalue weighted by Crippen LogP contribution is -2.33. The number of halogens is 2. The van der Waals surface area contributed by atoms with Gasteiger partial charge in [0.25, 0.3) is 5.56 Å². The van der Waals surface area contributed by atoms with Crippen LogP contribution in [0.5, 0.6) is 0 Å². The van der Waals surface area contributed by atoms with Crippen molar-refractivity contribution in [2.24, 2.45) is 0 Å². The summed E-state index contributed by atoms with van der Waals surface area (Å²) in [4.78, 5) is 20.9. The molecule has 0 radical (unpaired) electrons. The Morgan fingerprint density at radius 2 is 1.81 bits per heavy atom. The molecule has 0 spiro atoms. The molecule has 1 aliphatic rings. The number of fused-ring (bicyclic) bond motifs is 1. The van der Waals surface area contributed by atoms with Crippen LogP contribution in [0.25, 0.3) is 16.6 Å². The summed E-state index contributed by atoms with van der Waals surface area (Å²) >= 11 is 7.08. The molecule has 0 bridgehead atoms. The molecule has 4 rings (SSSR count). The third kappa shape index (κ3) is 3.75. The van der Waals surface area contributed by atoms with Crippen LogP contribution in [0.2, 0.25) is 0 Å². The summed E-state index contributed by atoms with van der Waals surface area (Å²) in [7, 11) is 0. The average molecular weight is 491 g/mol. The second kappa shape index (κ2) is 7.86. The molecule has 0 amide bonds. The predicted octanol–water partition coefficient (Wildman–Crippen LogP) is 5.21. The fourth-order valence-electron chi connectivity index (χ4n) is 3.75. The highest BCUT2D eigenvalue weighted by molar-refractivity contribution is 9.11. The highest BCUT2D eigenvalue weighted by Gasteiger charge is 2.19. The van der Waals surface area contributed by atoms with Gasteiger partial charge in [-0.15, -0.1) is 0 Å². The van der Waals surface area contributed by atoms with E-state index >= 15 is 0 Å². The Morgan fingerprint density at radius 1 is 1.07 bits per heavy atom. The number of rotatable bonds is 3. The van der Waals surface area contributed by atoms with Gasteiger partial charge in [0, 0.05) is 8.95 Å². The molecule has 0 N–H and O–H groups in total. The van der Waals surface area contributed by atoms with Crippen LogP contribution in [0, 0.1) is 6.92 Å². The number of hydrogen-bond donors (Lipinski definition) is 0. The maximum absolute atomic E-state index is 13.5. The van der Waals surface area contributed by atoms with E-state index in [1.807, 2.05) is 43.3 Å². The van der Waals surface area contributed by atoms with Crippen molar-refractivity contribution in [3.05, 3.63) is 67.1 Å². The van der Waals surface area contributed by atoms with Gasteiger partial charge in [0.05, 0.1) is 23.1 Å². The maximum Gasteiger partial charge on any atom is 0.266 e. The van der Waals surface area contributed by atoms with Crippen molar-refractivity contribution in [3.8, 4) is 5.69 Å². The largest absolute Gasteiger partial charge is 0.296 e. The number of hydrogen-bond acceptors (Lipinski definition) is 3. The van der Waals surface area contributed by atoms with Gasteiger partial charge >= 0.3 is 0 Å². The van der Waals surface area contributed by atoms with Gasteiger partial charge in [0.2, 0.25) is 0 Å².